The number of carbonyl (C=O) groups excluding carboxylic acids is 1. The molecule has 0 saturated carbocycles. The van der Waals surface area contributed by atoms with Crippen molar-refractivity contribution in [1.82, 2.24) is 9.97 Å². The maximum Gasteiger partial charge on any atom is 0.257 e. The summed E-state index contributed by atoms with van der Waals surface area (Å²) in [5.41, 5.74) is 4.33. The number of carbonyl (C=O) groups is 1. The fourth-order valence-corrected chi connectivity index (χ4v) is 2.90. The molecule has 0 aliphatic heterocycles. The smallest absolute Gasteiger partial charge is 0.257 e. The molecule has 0 radical (unpaired) electrons. The van der Waals surface area contributed by atoms with E-state index in [0.717, 1.165) is 22.5 Å². The molecule has 22 heavy (non-hydrogen) atoms. The lowest BCUT2D eigenvalue weighted by atomic mass is 10.1. The van der Waals surface area contributed by atoms with Crippen LogP contribution in [0.1, 0.15) is 21.5 Å². The van der Waals surface area contributed by atoms with Crippen molar-refractivity contribution >= 4 is 22.4 Å². The Balaban J connectivity index is 1.79. The summed E-state index contributed by atoms with van der Waals surface area (Å²) in [6.45, 7) is 3.94. The Hall–Kier alpha value is -2.53. The van der Waals surface area contributed by atoms with Crippen molar-refractivity contribution in [2.45, 2.75) is 13.8 Å². The lowest BCUT2D eigenvalue weighted by Crippen LogP contribution is -2.13. The molecular formula is C17H15N3OS. The zero-order valence-corrected chi connectivity index (χ0v) is 13.1. The normalized spacial score (nSPS) is 10.5. The SMILES string of the molecule is Cc1ccc(C(=O)Nc2nc(-c3ccccn3)cs2)c(C)c1. The summed E-state index contributed by atoms with van der Waals surface area (Å²) in [5, 5.41) is 5.31. The first-order chi connectivity index (χ1) is 10.6. The molecule has 0 atom stereocenters. The van der Waals surface area contributed by atoms with Gasteiger partial charge >= 0.3 is 0 Å². The third-order valence-electron chi connectivity index (χ3n) is 3.28. The first-order valence-electron chi connectivity index (χ1n) is 6.89. The summed E-state index contributed by atoms with van der Waals surface area (Å²) < 4.78 is 0. The highest BCUT2D eigenvalue weighted by Crippen LogP contribution is 2.24. The molecule has 4 nitrogen and oxygen atoms in total. The van der Waals surface area contributed by atoms with Crippen LogP contribution in [0.2, 0.25) is 0 Å². The van der Waals surface area contributed by atoms with Crippen LogP contribution in [0.4, 0.5) is 5.13 Å². The number of hydrogen-bond donors (Lipinski definition) is 1. The third-order valence-corrected chi connectivity index (χ3v) is 4.04. The van der Waals surface area contributed by atoms with Gasteiger partial charge in [-0.1, -0.05) is 23.8 Å². The maximum absolute atomic E-state index is 12.3. The molecule has 0 aliphatic rings. The Bertz CT molecular complexity index is 812. The molecular weight excluding hydrogens is 294 g/mol. The average molecular weight is 309 g/mol. The van der Waals surface area contributed by atoms with E-state index >= 15 is 0 Å². The van der Waals surface area contributed by atoms with E-state index < -0.39 is 0 Å². The Morgan fingerprint density at radius 2 is 2.00 bits per heavy atom. The van der Waals surface area contributed by atoms with Gasteiger partial charge in [-0.3, -0.25) is 15.1 Å². The van der Waals surface area contributed by atoms with E-state index in [1.807, 2.05) is 55.6 Å². The number of aromatic nitrogens is 2. The Morgan fingerprint density at radius 3 is 2.73 bits per heavy atom. The van der Waals surface area contributed by atoms with Gasteiger partial charge in [0.25, 0.3) is 5.91 Å². The summed E-state index contributed by atoms with van der Waals surface area (Å²) >= 11 is 1.39. The van der Waals surface area contributed by atoms with E-state index in [1.165, 1.54) is 11.3 Å². The van der Waals surface area contributed by atoms with Crippen LogP contribution in [-0.2, 0) is 0 Å². The van der Waals surface area contributed by atoms with Crippen molar-refractivity contribution < 1.29 is 4.79 Å². The fraction of sp³-hybridized carbons (Fsp3) is 0.118. The fourth-order valence-electron chi connectivity index (χ4n) is 2.20. The van der Waals surface area contributed by atoms with Gasteiger partial charge in [-0.2, -0.15) is 0 Å². The van der Waals surface area contributed by atoms with Gasteiger partial charge in [0, 0.05) is 17.1 Å². The molecule has 2 heterocycles. The minimum absolute atomic E-state index is 0.139. The molecule has 0 saturated heterocycles. The number of anilines is 1. The predicted octanol–water partition coefficient (Wildman–Crippen LogP) is 4.07. The Kier molecular flexibility index (Phi) is 3.98. The predicted molar refractivity (Wildman–Crippen MR) is 89.2 cm³/mol. The number of benzene rings is 1. The van der Waals surface area contributed by atoms with Gasteiger partial charge in [-0.15, -0.1) is 11.3 Å². The second-order valence-corrected chi connectivity index (χ2v) is 5.88. The topological polar surface area (TPSA) is 54.9 Å². The molecule has 5 heteroatoms. The molecule has 0 bridgehead atoms. The van der Waals surface area contributed by atoms with Crippen LogP contribution < -0.4 is 5.32 Å². The van der Waals surface area contributed by atoms with Crippen LogP contribution in [0.5, 0.6) is 0 Å². The number of aryl methyl sites for hydroxylation is 2. The van der Waals surface area contributed by atoms with E-state index in [2.05, 4.69) is 15.3 Å². The van der Waals surface area contributed by atoms with Crippen LogP contribution in [0.25, 0.3) is 11.4 Å². The summed E-state index contributed by atoms with van der Waals surface area (Å²) in [6.07, 6.45) is 1.72. The van der Waals surface area contributed by atoms with Gasteiger partial charge in [-0.25, -0.2) is 4.98 Å². The minimum atomic E-state index is -0.139. The number of amides is 1. The van der Waals surface area contributed by atoms with Crippen molar-refractivity contribution in [3.8, 4) is 11.4 Å². The second-order valence-electron chi connectivity index (χ2n) is 5.03. The third kappa shape index (κ3) is 3.04. The number of nitrogens with zero attached hydrogens (tertiary/aromatic N) is 2. The monoisotopic (exact) mass is 309 g/mol. The van der Waals surface area contributed by atoms with E-state index in [-0.39, 0.29) is 5.91 Å². The van der Waals surface area contributed by atoms with E-state index in [4.69, 9.17) is 0 Å². The Morgan fingerprint density at radius 1 is 1.14 bits per heavy atom. The zero-order valence-electron chi connectivity index (χ0n) is 12.3. The standard InChI is InChI=1S/C17H15N3OS/c1-11-6-7-13(12(2)9-11)16(21)20-17-19-15(10-22-17)14-5-3-4-8-18-14/h3-10H,1-2H3,(H,19,20,21). The lowest BCUT2D eigenvalue weighted by Gasteiger charge is -2.06. The largest absolute Gasteiger partial charge is 0.298 e. The molecule has 110 valence electrons. The number of pyridine rings is 1. The number of thiazole rings is 1. The molecule has 0 spiro atoms. The van der Waals surface area contributed by atoms with Crippen LogP contribution in [0.15, 0.2) is 48.0 Å². The minimum Gasteiger partial charge on any atom is -0.298 e. The van der Waals surface area contributed by atoms with E-state index in [9.17, 15) is 4.79 Å². The highest BCUT2D eigenvalue weighted by molar-refractivity contribution is 7.14. The summed E-state index contributed by atoms with van der Waals surface area (Å²) in [5.74, 6) is -0.139. The van der Waals surface area contributed by atoms with Crippen LogP contribution in [-0.4, -0.2) is 15.9 Å². The highest BCUT2D eigenvalue weighted by Gasteiger charge is 2.12. The molecule has 2 aromatic heterocycles. The van der Waals surface area contributed by atoms with Crippen molar-refractivity contribution in [2.75, 3.05) is 5.32 Å². The van der Waals surface area contributed by atoms with Gasteiger partial charge in [0.15, 0.2) is 5.13 Å². The highest BCUT2D eigenvalue weighted by atomic mass is 32.1. The summed E-state index contributed by atoms with van der Waals surface area (Å²) in [6, 6.07) is 11.4. The summed E-state index contributed by atoms with van der Waals surface area (Å²) in [4.78, 5) is 21.0. The van der Waals surface area contributed by atoms with Crippen molar-refractivity contribution in [2.24, 2.45) is 0 Å². The van der Waals surface area contributed by atoms with E-state index in [1.54, 1.807) is 6.20 Å². The first kappa shape index (κ1) is 14.4. The number of nitrogens with one attached hydrogen (secondary N) is 1. The Labute approximate surface area is 132 Å². The second kappa shape index (κ2) is 6.07. The molecule has 3 aromatic rings. The van der Waals surface area contributed by atoms with Crippen LogP contribution in [0.3, 0.4) is 0 Å². The number of hydrogen-bond acceptors (Lipinski definition) is 4. The number of rotatable bonds is 3. The quantitative estimate of drug-likeness (QED) is 0.793. The van der Waals surface area contributed by atoms with Crippen molar-refractivity contribution in [3.63, 3.8) is 0 Å². The molecule has 0 fully saturated rings. The molecule has 1 amide bonds. The van der Waals surface area contributed by atoms with Crippen LogP contribution in [0, 0.1) is 13.8 Å². The maximum atomic E-state index is 12.3. The summed E-state index contributed by atoms with van der Waals surface area (Å²) in [7, 11) is 0. The van der Waals surface area contributed by atoms with Gasteiger partial charge in [0.2, 0.25) is 0 Å². The molecule has 0 aliphatic carbocycles. The molecule has 3 rings (SSSR count). The molecule has 0 unspecified atom stereocenters. The van der Waals surface area contributed by atoms with Gasteiger partial charge in [0.05, 0.1) is 5.69 Å². The van der Waals surface area contributed by atoms with Gasteiger partial charge < -0.3 is 0 Å². The molecule has 1 aromatic carbocycles. The first-order valence-corrected chi connectivity index (χ1v) is 7.77. The van der Waals surface area contributed by atoms with Gasteiger partial charge in [-0.05, 0) is 37.6 Å². The zero-order chi connectivity index (χ0) is 15.5. The average Bonchev–Trinajstić information content (AvgIpc) is 2.96. The van der Waals surface area contributed by atoms with Crippen molar-refractivity contribution in [1.29, 1.82) is 0 Å². The van der Waals surface area contributed by atoms with Gasteiger partial charge in [0.1, 0.15) is 5.69 Å². The molecule has 1 N–H and O–H groups in total. The van der Waals surface area contributed by atoms with Crippen LogP contribution >= 0.6 is 11.3 Å². The van der Waals surface area contributed by atoms with Crippen molar-refractivity contribution in [3.05, 3.63) is 64.7 Å². The van der Waals surface area contributed by atoms with E-state index in [0.29, 0.717) is 10.7 Å². The lowest BCUT2D eigenvalue weighted by molar-refractivity contribution is 0.102.